The van der Waals surface area contributed by atoms with Gasteiger partial charge in [0.15, 0.2) is 0 Å². The lowest BCUT2D eigenvalue weighted by Gasteiger charge is -2.63. The van der Waals surface area contributed by atoms with Gasteiger partial charge in [0.25, 0.3) is 17.7 Å². The third-order valence-corrected chi connectivity index (χ3v) is 11.9. The number of ether oxygens (including phenoxy) is 1. The number of nitrogens with one attached hydrogen (secondary N) is 2. The van der Waals surface area contributed by atoms with Gasteiger partial charge in [-0.1, -0.05) is 46.0 Å². The monoisotopic (exact) mass is 753 g/mol. The molecule has 5 amide bonds. The van der Waals surface area contributed by atoms with Gasteiger partial charge in [-0.3, -0.25) is 39.1 Å². The second-order valence-corrected chi connectivity index (χ2v) is 16.6. The number of nitriles is 1. The van der Waals surface area contributed by atoms with Crippen LogP contribution in [-0.2, 0) is 22.7 Å². The molecular weight excluding hydrogens is 707 g/mol. The normalized spacial score (nSPS) is 21.9. The SMILES string of the molecule is Cc1cc(O[C@H]2C(C)(C)[C@H](NC(=O)c3ccc(C#CCCCCCN4Cc5cc6c(cc5C4)C(=O)N(C4CCC(=O)NC4=O)C6=O)cc3)C2(C)C)ccc1C#N. The van der Waals surface area contributed by atoms with Crippen molar-refractivity contribution in [2.24, 2.45) is 10.8 Å². The zero-order chi connectivity index (χ0) is 39.9. The number of nitrogens with zero attached hydrogens (tertiary/aromatic N) is 3. The van der Waals surface area contributed by atoms with Crippen molar-refractivity contribution in [1.29, 1.82) is 5.26 Å². The van der Waals surface area contributed by atoms with Crippen LogP contribution in [0.4, 0.5) is 0 Å². The van der Waals surface area contributed by atoms with Gasteiger partial charge in [0.1, 0.15) is 17.9 Å². The van der Waals surface area contributed by atoms with Gasteiger partial charge in [-0.05, 0) is 104 Å². The quantitative estimate of drug-likeness (QED) is 0.150. The van der Waals surface area contributed by atoms with E-state index in [9.17, 15) is 29.2 Å². The van der Waals surface area contributed by atoms with Gasteiger partial charge >= 0.3 is 0 Å². The molecule has 3 aromatic rings. The molecule has 288 valence electrons. The maximum atomic E-state index is 13.3. The molecule has 11 nitrogen and oxygen atoms in total. The molecule has 1 aliphatic carbocycles. The van der Waals surface area contributed by atoms with Gasteiger partial charge in [0.05, 0.1) is 22.8 Å². The van der Waals surface area contributed by atoms with E-state index in [0.717, 1.165) is 65.1 Å². The first-order valence-electron chi connectivity index (χ1n) is 19.4. The summed E-state index contributed by atoms with van der Waals surface area (Å²) in [6, 6.07) is 17.6. The van der Waals surface area contributed by atoms with Crippen molar-refractivity contribution >= 4 is 29.5 Å². The van der Waals surface area contributed by atoms with Crippen LogP contribution in [0, 0.1) is 40.9 Å². The molecule has 2 fully saturated rings. The number of piperidine rings is 1. The maximum absolute atomic E-state index is 13.3. The maximum Gasteiger partial charge on any atom is 0.262 e. The summed E-state index contributed by atoms with van der Waals surface area (Å²) in [4.78, 5) is 67.0. The van der Waals surface area contributed by atoms with Crippen molar-refractivity contribution in [3.05, 3.63) is 99.1 Å². The minimum atomic E-state index is -0.961. The van der Waals surface area contributed by atoms with Gasteiger partial charge in [0.2, 0.25) is 11.8 Å². The molecule has 3 heterocycles. The van der Waals surface area contributed by atoms with E-state index in [1.54, 1.807) is 18.2 Å². The predicted octanol–water partition coefficient (Wildman–Crippen LogP) is 5.81. The minimum absolute atomic E-state index is 0.0957. The van der Waals surface area contributed by atoms with E-state index in [4.69, 9.17) is 4.74 Å². The van der Waals surface area contributed by atoms with Crippen LogP contribution in [0.1, 0.15) is 125 Å². The Morgan fingerprint density at radius 2 is 1.57 bits per heavy atom. The Morgan fingerprint density at radius 1 is 0.911 bits per heavy atom. The van der Waals surface area contributed by atoms with Crippen molar-refractivity contribution in [2.75, 3.05) is 6.54 Å². The van der Waals surface area contributed by atoms with Gasteiger partial charge in [-0.2, -0.15) is 5.26 Å². The molecule has 0 aromatic heterocycles. The van der Waals surface area contributed by atoms with Crippen molar-refractivity contribution in [3.8, 4) is 23.7 Å². The molecule has 7 rings (SSSR count). The summed E-state index contributed by atoms with van der Waals surface area (Å²) in [6.07, 6.45) is 3.85. The fourth-order valence-corrected chi connectivity index (χ4v) is 9.18. The van der Waals surface area contributed by atoms with E-state index in [2.05, 4.69) is 61.1 Å². The number of carbonyl (C=O) groups is 5. The Bertz CT molecular complexity index is 2180. The second kappa shape index (κ2) is 15.0. The van der Waals surface area contributed by atoms with Crippen LogP contribution in [0.25, 0.3) is 0 Å². The zero-order valence-electron chi connectivity index (χ0n) is 32.6. The van der Waals surface area contributed by atoms with E-state index in [1.807, 2.05) is 43.3 Å². The fourth-order valence-electron chi connectivity index (χ4n) is 9.18. The van der Waals surface area contributed by atoms with Crippen LogP contribution >= 0.6 is 0 Å². The highest BCUT2D eigenvalue weighted by Gasteiger charge is 2.64. The molecule has 3 aliphatic heterocycles. The molecule has 1 saturated carbocycles. The largest absolute Gasteiger partial charge is 0.489 e. The summed E-state index contributed by atoms with van der Waals surface area (Å²) in [5.74, 6) is 5.12. The minimum Gasteiger partial charge on any atom is -0.489 e. The molecule has 11 heteroatoms. The number of rotatable bonds is 10. The number of unbranched alkanes of at least 4 members (excludes halogenated alkanes) is 3. The number of imide groups is 2. The lowest BCUT2D eigenvalue weighted by atomic mass is 9.49. The highest BCUT2D eigenvalue weighted by molar-refractivity contribution is 6.23. The molecule has 4 aliphatic rings. The Balaban J connectivity index is 0.834. The average Bonchev–Trinajstić information content (AvgIpc) is 3.67. The summed E-state index contributed by atoms with van der Waals surface area (Å²) >= 11 is 0. The zero-order valence-corrected chi connectivity index (χ0v) is 32.6. The van der Waals surface area contributed by atoms with Gasteiger partial charge in [-0.15, -0.1) is 0 Å². The molecule has 0 radical (unpaired) electrons. The van der Waals surface area contributed by atoms with E-state index >= 15 is 0 Å². The first-order chi connectivity index (χ1) is 26.7. The van der Waals surface area contributed by atoms with Crippen LogP contribution in [0.3, 0.4) is 0 Å². The third-order valence-electron chi connectivity index (χ3n) is 11.9. The Kier molecular flexibility index (Phi) is 10.3. The lowest BCUT2D eigenvalue weighted by molar-refractivity contribution is -0.164. The summed E-state index contributed by atoms with van der Waals surface area (Å²) in [5.41, 5.74) is 5.00. The number of hydrogen-bond acceptors (Lipinski definition) is 8. The van der Waals surface area contributed by atoms with E-state index in [1.165, 1.54) is 0 Å². The lowest BCUT2D eigenvalue weighted by Crippen LogP contribution is -2.74. The van der Waals surface area contributed by atoms with Crippen LogP contribution in [0.2, 0.25) is 0 Å². The van der Waals surface area contributed by atoms with Crippen LogP contribution in [0.5, 0.6) is 5.75 Å². The average molecular weight is 754 g/mol. The number of aryl methyl sites for hydroxylation is 1. The first kappa shape index (κ1) is 38.5. The number of benzene rings is 3. The topological polar surface area (TPSA) is 149 Å². The molecule has 2 N–H and O–H groups in total. The van der Waals surface area contributed by atoms with Gasteiger partial charge in [-0.25, -0.2) is 0 Å². The van der Waals surface area contributed by atoms with Crippen LogP contribution in [-0.4, -0.2) is 64.1 Å². The van der Waals surface area contributed by atoms with Crippen LogP contribution in [0.15, 0.2) is 54.6 Å². The first-order valence-corrected chi connectivity index (χ1v) is 19.4. The van der Waals surface area contributed by atoms with Crippen molar-refractivity contribution in [3.63, 3.8) is 0 Å². The number of amides is 5. The molecule has 3 aromatic carbocycles. The van der Waals surface area contributed by atoms with Crippen molar-refractivity contribution in [1.82, 2.24) is 20.4 Å². The summed E-state index contributed by atoms with van der Waals surface area (Å²) in [6.45, 7) is 12.6. The fraction of sp³-hybridized carbons (Fsp3) is 0.422. The van der Waals surface area contributed by atoms with E-state index in [-0.39, 0.29) is 41.7 Å². The van der Waals surface area contributed by atoms with E-state index in [0.29, 0.717) is 35.3 Å². The number of fused-ring (bicyclic) bond motifs is 2. The molecule has 0 spiro atoms. The summed E-state index contributed by atoms with van der Waals surface area (Å²) in [5, 5.41) is 14.8. The number of carbonyl (C=O) groups excluding carboxylic acids is 5. The van der Waals surface area contributed by atoms with Gasteiger partial charge in [0, 0.05) is 53.9 Å². The molecule has 1 saturated heterocycles. The molecular formula is C45H47N5O6. The second-order valence-electron chi connectivity index (χ2n) is 16.6. The van der Waals surface area contributed by atoms with Crippen LogP contribution < -0.4 is 15.4 Å². The van der Waals surface area contributed by atoms with Crippen molar-refractivity contribution in [2.45, 2.75) is 104 Å². The van der Waals surface area contributed by atoms with E-state index < -0.39 is 29.7 Å². The standard InChI is InChI=1S/C45H47N5O6/c1-27-21-33(17-16-30(27)24-46)56-43-44(2,3)42(45(43,4)5)48-38(52)29-14-12-28(13-15-29)11-9-7-6-8-10-20-49-25-31-22-34-35(23-32(31)26-49)41(55)50(40(34)54)36-18-19-37(51)47-39(36)53/h12-17,21-23,36,42-43H,6-8,10,18-20,25-26H2,1-5H3,(H,48,52)(H,47,51,53)/t36?,42-,43-. The van der Waals surface area contributed by atoms with Gasteiger partial charge < -0.3 is 10.1 Å². The predicted molar refractivity (Wildman–Crippen MR) is 208 cm³/mol. The smallest absolute Gasteiger partial charge is 0.262 e. The highest BCUT2D eigenvalue weighted by atomic mass is 16.5. The number of hydrogen-bond donors (Lipinski definition) is 2. The third kappa shape index (κ3) is 7.20. The molecule has 0 bridgehead atoms. The molecule has 1 unspecified atom stereocenters. The van der Waals surface area contributed by atoms with Crippen molar-refractivity contribution < 1.29 is 28.7 Å². The Labute approximate surface area is 327 Å². The Morgan fingerprint density at radius 3 is 2.18 bits per heavy atom. The highest BCUT2D eigenvalue weighted by Crippen LogP contribution is 2.55. The molecule has 56 heavy (non-hydrogen) atoms. The Hall–Kier alpha value is -5.78. The summed E-state index contributed by atoms with van der Waals surface area (Å²) in [7, 11) is 0. The summed E-state index contributed by atoms with van der Waals surface area (Å²) < 4.78 is 6.43. The molecule has 1 atom stereocenters.